The largest absolute Gasteiger partial charge is 0.466 e. The van der Waals surface area contributed by atoms with E-state index in [4.69, 9.17) is 4.42 Å². The second-order valence-electron chi connectivity index (χ2n) is 7.14. The molecule has 24 heavy (non-hydrogen) atoms. The van der Waals surface area contributed by atoms with Crippen LogP contribution in [0.3, 0.4) is 0 Å². The van der Waals surface area contributed by atoms with Gasteiger partial charge in [0.1, 0.15) is 17.3 Å². The Morgan fingerprint density at radius 2 is 2.29 bits per heavy atom. The number of nitrogens with zero attached hydrogens (tertiary/aromatic N) is 3. The van der Waals surface area contributed by atoms with Crippen molar-refractivity contribution in [1.29, 1.82) is 0 Å². The van der Waals surface area contributed by atoms with E-state index in [2.05, 4.69) is 33.1 Å². The highest BCUT2D eigenvalue weighted by Crippen LogP contribution is 2.47. The van der Waals surface area contributed by atoms with Crippen LogP contribution in [0.5, 0.6) is 0 Å². The van der Waals surface area contributed by atoms with Gasteiger partial charge in [-0.25, -0.2) is 0 Å². The van der Waals surface area contributed by atoms with Gasteiger partial charge >= 0.3 is 0 Å². The zero-order valence-corrected chi connectivity index (χ0v) is 14.3. The Kier molecular flexibility index (Phi) is 3.90. The molecule has 1 aliphatic heterocycles. The quantitative estimate of drug-likeness (QED) is 0.885. The molecule has 1 fully saturated rings. The number of rotatable bonds is 6. The van der Waals surface area contributed by atoms with Crippen LogP contribution >= 0.6 is 0 Å². The van der Waals surface area contributed by atoms with Crippen molar-refractivity contribution in [2.45, 2.75) is 64.5 Å². The van der Waals surface area contributed by atoms with Crippen LogP contribution in [0.4, 0.5) is 0 Å². The van der Waals surface area contributed by atoms with E-state index < -0.39 is 0 Å². The maximum atomic E-state index is 12.2. The molecule has 6 nitrogen and oxygen atoms in total. The second kappa shape index (κ2) is 6.07. The van der Waals surface area contributed by atoms with Crippen molar-refractivity contribution in [2.75, 3.05) is 0 Å². The third-order valence-corrected chi connectivity index (χ3v) is 5.16. The summed E-state index contributed by atoms with van der Waals surface area (Å²) >= 11 is 0. The Balaban J connectivity index is 1.29. The highest BCUT2D eigenvalue weighted by Gasteiger charge is 2.36. The molecule has 2 aromatic heterocycles. The zero-order valence-electron chi connectivity index (χ0n) is 14.3. The molecule has 4 rings (SSSR count). The Morgan fingerprint density at radius 3 is 3.08 bits per heavy atom. The van der Waals surface area contributed by atoms with E-state index in [1.165, 1.54) is 6.42 Å². The molecule has 1 aliphatic carbocycles. The lowest BCUT2D eigenvalue weighted by molar-refractivity contribution is -0.121. The molecule has 0 aromatic carbocycles. The molecule has 0 spiro atoms. The third kappa shape index (κ3) is 2.97. The van der Waals surface area contributed by atoms with Gasteiger partial charge in [0.2, 0.25) is 5.91 Å². The van der Waals surface area contributed by atoms with Crippen LogP contribution in [0.25, 0.3) is 0 Å². The van der Waals surface area contributed by atoms with Crippen molar-refractivity contribution in [2.24, 2.45) is 5.92 Å². The van der Waals surface area contributed by atoms with E-state index in [1.54, 1.807) is 0 Å². The van der Waals surface area contributed by atoms with Crippen molar-refractivity contribution in [3.8, 4) is 0 Å². The number of amides is 1. The standard InChI is InChI=1S/C18H24N4O2/c1-11-10-14(11)15-7-5-13(24-15)6-8-17(23)19-12(2)18-21-20-16-4-3-9-22(16)18/h5,7,11-12,14H,3-4,6,8-10H2,1-2H3,(H,19,23). The summed E-state index contributed by atoms with van der Waals surface area (Å²) in [7, 11) is 0. The molecule has 1 N–H and O–H groups in total. The van der Waals surface area contributed by atoms with Gasteiger partial charge in [-0.05, 0) is 37.8 Å². The van der Waals surface area contributed by atoms with Gasteiger partial charge in [0, 0.05) is 31.7 Å². The average Bonchev–Trinajstić information content (AvgIpc) is 2.99. The molecule has 0 bridgehead atoms. The number of fused-ring (bicyclic) bond motifs is 1. The second-order valence-corrected chi connectivity index (χ2v) is 7.14. The Bertz CT molecular complexity index is 748. The molecular weight excluding hydrogens is 304 g/mol. The third-order valence-electron chi connectivity index (χ3n) is 5.16. The summed E-state index contributed by atoms with van der Waals surface area (Å²) in [6, 6.07) is 3.95. The molecular formula is C18H24N4O2. The number of hydrogen-bond donors (Lipinski definition) is 1. The minimum Gasteiger partial charge on any atom is -0.466 e. The van der Waals surface area contributed by atoms with Gasteiger partial charge in [0.05, 0.1) is 6.04 Å². The van der Waals surface area contributed by atoms with Crippen LogP contribution in [0, 0.1) is 5.92 Å². The van der Waals surface area contributed by atoms with Crippen molar-refractivity contribution < 1.29 is 9.21 Å². The fourth-order valence-corrected chi connectivity index (χ4v) is 3.55. The fraction of sp³-hybridized carbons (Fsp3) is 0.611. The lowest BCUT2D eigenvalue weighted by Gasteiger charge is -2.13. The number of carbonyl (C=O) groups excluding carboxylic acids is 1. The summed E-state index contributed by atoms with van der Waals surface area (Å²) in [6.45, 7) is 5.16. The van der Waals surface area contributed by atoms with Crippen LogP contribution in [0.1, 0.15) is 68.2 Å². The smallest absolute Gasteiger partial charge is 0.221 e. The molecule has 3 atom stereocenters. The van der Waals surface area contributed by atoms with E-state index in [0.717, 1.165) is 48.5 Å². The SMILES string of the molecule is CC(NC(=O)CCc1ccc(C2CC2C)o1)c1nnc2n1CCC2. The van der Waals surface area contributed by atoms with Gasteiger partial charge < -0.3 is 14.3 Å². The van der Waals surface area contributed by atoms with Gasteiger partial charge in [-0.2, -0.15) is 0 Å². The van der Waals surface area contributed by atoms with Gasteiger partial charge in [0.15, 0.2) is 5.82 Å². The molecule has 128 valence electrons. The van der Waals surface area contributed by atoms with E-state index in [1.807, 2.05) is 13.0 Å². The Labute approximate surface area is 141 Å². The number of carbonyl (C=O) groups is 1. The average molecular weight is 328 g/mol. The van der Waals surface area contributed by atoms with Crippen molar-refractivity contribution in [1.82, 2.24) is 20.1 Å². The number of nitrogens with one attached hydrogen (secondary N) is 1. The number of aromatic nitrogens is 3. The maximum absolute atomic E-state index is 12.2. The first-order chi connectivity index (χ1) is 11.6. The lowest BCUT2D eigenvalue weighted by atomic mass is 10.2. The normalized spacial score (nSPS) is 23.1. The summed E-state index contributed by atoms with van der Waals surface area (Å²) in [4.78, 5) is 12.2. The monoisotopic (exact) mass is 328 g/mol. The van der Waals surface area contributed by atoms with E-state index >= 15 is 0 Å². The molecule has 6 heteroatoms. The first-order valence-electron chi connectivity index (χ1n) is 8.91. The van der Waals surface area contributed by atoms with Crippen LogP contribution in [0.15, 0.2) is 16.5 Å². The lowest BCUT2D eigenvalue weighted by Crippen LogP contribution is -2.28. The minimum absolute atomic E-state index is 0.0237. The van der Waals surface area contributed by atoms with Crippen molar-refractivity contribution >= 4 is 5.91 Å². The van der Waals surface area contributed by atoms with E-state index in [-0.39, 0.29) is 11.9 Å². The first kappa shape index (κ1) is 15.4. The number of furan rings is 1. The van der Waals surface area contributed by atoms with Crippen molar-refractivity contribution in [3.05, 3.63) is 35.3 Å². The van der Waals surface area contributed by atoms with E-state index in [0.29, 0.717) is 18.8 Å². The Hall–Kier alpha value is -2.11. The van der Waals surface area contributed by atoms with Crippen LogP contribution < -0.4 is 5.32 Å². The predicted octanol–water partition coefficient (Wildman–Crippen LogP) is 2.75. The first-order valence-corrected chi connectivity index (χ1v) is 8.91. The van der Waals surface area contributed by atoms with Crippen molar-refractivity contribution in [3.63, 3.8) is 0 Å². The highest BCUT2D eigenvalue weighted by atomic mass is 16.3. The summed E-state index contributed by atoms with van der Waals surface area (Å²) in [5.74, 6) is 5.21. The topological polar surface area (TPSA) is 73.0 Å². The number of hydrogen-bond acceptors (Lipinski definition) is 4. The summed E-state index contributed by atoms with van der Waals surface area (Å²) in [5, 5.41) is 11.4. The Morgan fingerprint density at radius 1 is 1.46 bits per heavy atom. The maximum Gasteiger partial charge on any atom is 0.221 e. The van der Waals surface area contributed by atoms with Gasteiger partial charge in [-0.1, -0.05) is 6.92 Å². The minimum atomic E-state index is -0.115. The summed E-state index contributed by atoms with van der Waals surface area (Å²) < 4.78 is 7.99. The molecule has 1 saturated carbocycles. The molecule has 3 unspecified atom stereocenters. The molecule has 1 amide bonds. The summed E-state index contributed by atoms with van der Waals surface area (Å²) in [6.07, 6.45) is 4.37. The van der Waals surface area contributed by atoms with E-state index in [9.17, 15) is 4.79 Å². The summed E-state index contributed by atoms with van der Waals surface area (Å²) in [5.41, 5.74) is 0. The molecule has 0 radical (unpaired) electrons. The van der Waals surface area contributed by atoms with Gasteiger partial charge in [-0.15, -0.1) is 10.2 Å². The van der Waals surface area contributed by atoms with Crippen LogP contribution in [0.2, 0.25) is 0 Å². The van der Waals surface area contributed by atoms with Gasteiger partial charge in [-0.3, -0.25) is 4.79 Å². The van der Waals surface area contributed by atoms with Crippen LogP contribution in [-0.2, 0) is 24.2 Å². The molecule has 2 aromatic rings. The molecule has 3 heterocycles. The number of aryl methyl sites for hydroxylation is 2. The van der Waals surface area contributed by atoms with Crippen LogP contribution in [-0.4, -0.2) is 20.7 Å². The highest BCUT2D eigenvalue weighted by molar-refractivity contribution is 5.76. The zero-order chi connectivity index (χ0) is 16.7. The van der Waals surface area contributed by atoms with Gasteiger partial charge in [0.25, 0.3) is 0 Å². The molecule has 0 saturated heterocycles. The molecule has 2 aliphatic rings. The predicted molar refractivity (Wildman–Crippen MR) is 88.5 cm³/mol. The fourth-order valence-electron chi connectivity index (χ4n) is 3.55.